The first kappa shape index (κ1) is 9.44. The third-order valence-electron chi connectivity index (χ3n) is 3.35. The minimum absolute atomic E-state index is 0.337. The van der Waals surface area contributed by atoms with E-state index in [-0.39, 0.29) is 0 Å². The van der Waals surface area contributed by atoms with Gasteiger partial charge in [0.25, 0.3) is 0 Å². The lowest BCUT2D eigenvalue weighted by atomic mass is 9.89. The smallest absolute Gasteiger partial charge is 0.0443 e. The minimum atomic E-state index is 0.337. The zero-order valence-electron chi connectivity index (χ0n) is 8.21. The van der Waals surface area contributed by atoms with Gasteiger partial charge in [0.05, 0.1) is 0 Å². The van der Waals surface area contributed by atoms with Gasteiger partial charge in [-0.15, -0.1) is 0 Å². The van der Waals surface area contributed by atoms with Gasteiger partial charge in [-0.1, -0.05) is 6.42 Å². The SMILES string of the molecule is OCCCN(C1CCC1)C1CNC1. The van der Waals surface area contributed by atoms with Crippen LogP contribution in [0.25, 0.3) is 0 Å². The third kappa shape index (κ3) is 2.03. The molecule has 0 aromatic carbocycles. The van der Waals surface area contributed by atoms with Gasteiger partial charge in [-0.2, -0.15) is 0 Å². The standard InChI is InChI=1S/C10H20N2O/c13-6-2-5-12(9-3-1-4-9)10-7-11-8-10/h9-11,13H,1-8H2. The van der Waals surface area contributed by atoms with Crippen LogP contribution in [0.1, 0.15) is 25.7 Å². The van der Waals surface area contributed by atoms with Crippen molar-refractivity contribution in [2.45, 2.75) is 37.8 Å². The molecule has 0 aromatic rings. The van der Waals surface area contributed by atoms with E-state index in [9.17, 15) is 0 Å². The molecule has 1 heterocycles. The molecule has 3 heteroatoms. The van der Waals surface area contributed by atoms with Crippen LogP contribution in [0.3, 0.4) is 0 Å². The number of aliphatic hydroxyl groups is 1. The van der Waals surface area contributed by atoms with E-state index in [4.69, 9.17) is 5.11 Å². The van der Waals surface area contributed by atoms with Crippen LogP contribution in [-0.2, 0) is 0 Å². The van der Waals surface area contributed by atoms with E-state index < -0.39 is 0 Å². The summed E-state index contributed by atoms with van der Waals surface area (Å²) < 4.78 is 0. The summed E-state index contributed by atoms with van der Waals surface area (Å²) in [6, 6.07) is 1.59. The summed E-state index contributed by atoms with van der Waals surface area (Å²) in [5, 5.41) is 12.1. The van der Waals surface area contributed by atoms with Gasteiger partial charge in [-0.3, -0.25) is 4.90 Å². The molecule has 3 nitrogen and oxygen atoms in total. The van der Waals surface area contributed by atoms with E-state index in [1.807, 2.05) is 0 Å². The van der Waals surface area contributed by atoms with E-state index in [2.05, 4.69) is 10.2 Å². The van der Waals surface area contributed by atoms with E-state index in [1.165, 1.54) is 19.3 Å². The van der Waals surface area contributed by atoms with E-state index in [0.717, 1.165) is 38.1 Å². The Kier molecular flexibility index (Phi) is 3.19. The molecule has 2 aliphatic rings. The van der Waals surface area contributed by atoms with Crippen molar-refractivity contribution in [1.82, 2.24) is 10.2 Å². The first-order valence-corrected chi connectivity index (χ1v) is 5.49. The molecule has 76 valence electrons. The van der Waals surface area contributed by atoms with Crippen LogP contribution in [0.5, 0.6) is 0 Å². The number of nitrogens with zero attached hydrogens (tertiary/aromatic N) is 1. The highest BCUT2D eigenvalue weighted by atomic mass is 16.3. The fourth-order valence-electron chi connectivity index (χ4n) is 2.14. The van der Waals surface area contributed by atoms with Crippen LogP contribution in [-0.4, -0.2) is 48.3 Å². The molecule has 1 aliphatic carbocycles. The van der Waals surface area contributed by atoms with Crippen molar-refractivity contribution >= 4 is 0 Å². The second-order valence-electron chi connectivity index (χ2n) is 4.21. The van der Waals surface area contributed by atoms with Gasteiger partial charge in [0.15, 0.2) is 0 Å². The fraction of sp³-hybridized carbons (Fsp3) is 1.00. The summed E-state index contributed by atoms with van der Waals surface area (Å²) in [4.78, 5) is 2.61. The predicted molar refractivity (Wildman–Crippen MR) is 52.7 cm³/mol. The Hall–Kier alpha value is -0.120. The maximum absolute atomic E-state index is 8.82. The molecule has 0 atom stereocenters. The lowest BCUT2D eigenvalue weighted by Crippen LogP contribution is -2.61. The predicted octanol–water partition coefficient (Wildman–Crippen LogP) is 0.195. The summed E-state index contributed by atoms with van der Waals surface area (Å²) >= 11 is 0. The molecule has 0 amide bonds. The van der Waals surface area contributed by atoms with Crippen LogP contribution in [0, 0.1) is 0 Å². The topological polar surface area (TPSA) is 35.5 Å². The van der Waals surface area contributed by atoms with Gasteiger partial charge in [0.1, 0.15) is 0 Å². The molecule has 0 aromatic heterocycles. The van der Waals surface area contributed by atoms with E-state index in [1.54, 1.807) is 0 Å². The number of rotatable bonds is 5. The van der Waals surface area contributed by atoms with Gasteiger partial charge < -0.3 is 10.4 Å². The second-order valence-corrected chi connectivity index (χ2v) is 4.21. The average Bonchev–Trinajstić information content (AvgIpc) is 1.93. The van der Waals surface area contributed by atoms with Crippen molar-refractivity contribution in [3.05, 3.63) is 0 Å². The van der Waals surface area contributed by atoms with E-state index in [0.29, 0.717) is 6.61 Å². The highest BCUT2D eigenvalue weighted by Crippen LogP contribution is 2.27. The lowest BCUT2D eigenvalue weighted by molar-refractivity contribution is 0.0473. The molecule has 0 spiro atoms. The first-order chi connectivity index (χ1) is 6.42. The molecule has 13 heavy (non-hydrogen) atoms. The van der Waals surface area contributed by atoms with Gasteiger partial charge in [-0.05, 0) is 19.3 Å². The monoisotopic (exact) mass is 184 g/mol. The summed E-state index contributed by atoms with van der Waals surface area (Å²) in [5.41, 5.74) is 0. The molecule has 2 N–H and O–H groups in total. The summed E-state index contributed by atoms with van der Waals surface area (Å²) in [7, 11) is 0. The van der Waals surface area contributed by atoms with Crippen LogP contribution in [0.15, 0.2) is 0 Å². The Morgan fingerprint density at radius 3 is 2.38 bits per heavy atom. The molecule has 2 rings (SSSR count). The molecule has 1 saturated carbocycles. The largest absolute Gasteiger partial charge is 0.396 e. The zero-order chi connectivity index (χ0) is 9.10. The number of hydrogen-bond acceptors (Lipinski definition) is 3. The second kappa shape index (κ2) is 4.40. The van der Waals surface area contributed by atoms with Crippen molar-refractivity contribution in [2.75, 3.05) is 26.2 Å². The molecule has 1 aliphatic heterocycles. The van der Waals surface area contributed by atoms with Crippen LogP contribution in [0.2, 0.25) is 0 Å². The van der Waals surface area contributed by atoms with Crippen molar-refractivity contribution in [3.8, 4) is 0 Å². The quantitative estimate of drug-likeness (QED) is 0.640. The normalized spacial score (nSPS) is 24.5. The maximum Gasteiger partial charge on any atom is 0.0443 e. The third-order valence-corrected chi connectivity index (χ3v) is 3.35. The summed E-state index contributed by atoms with van der Waals surface area (Å²) in [6.45, 7) is 3.74. The Bertz CT molecular complexity index is 141. The van der Waals surface area contributed by atoms with Gasteiger partial charge in [-0.25, -0.2) is 0 Å². The summed E-state index contributed by atoms with van der Waals surface area (Å²) in [6.07, 6.45) is 5.09. The fourth-order valence-corrected chi connectivity index (χ4v) is 2.14. The van der Waals surface area contributed by atoms with E-state index >= 15 is 0 Å². The number of aliphatic hydroxyl groups excluding tert-OH is 1. The molecule has 1 saturated heterocycles. The molecular weight excluding hydrogens is 164 g/mol. The number of hydrogen-bond donors (Lipinski definition) is 2. The molecule has 0 radical (unpaired) electrons. The highest BCUT2D eigenvalue weighted by molar-refractivity contribution is 4.91. The first-order valence-electron chi connectivity index (χ1n) is 5.49. The lowest BCUT2D eigenvalue weighted by Gasteiger charge is -2.46. The highest BCUT2D eigenvalue weighted by Gasteiger charge is 2.32. The molecular formula is C10H20N2O. The molecule has 0 bridgehead atoms. The Morgan fingerprint density at radius 1 is 1.23 bits per heavy atom. The van der Waals surface area contributed by atoms with Crippen molar-refractivity contribution < 1.29 is 5.11 Å². The van der Waals surface area contributed by atoms with Crippen LogP contribution >= 0.6 is 0 Å². The average molecular weight is 184 g/mol. The van der Waals surface area contributed by atoms with Crippen LogP contribution in [0.4, 0.5) is 0 Å². The van der Waals surface area contributed by atoms with Crippen LogP contribution < -0.4 is 5.32 Å². The summed E-state index contributed by atoms with van der Waals surface area (Å²) in [5.74, 6) is 0. The Balaban J connectivity index is 1.78. The minimum Gasteiger partial charge on any atom is -0.396 e. The van der Waals surface area contributed by atoms with Gasteiger partial charge >= 0.3 is 0 Å². The van der Waals surface area contributed by atoms with Gasteiger partial charge in [0.2, 0.25) is 0 Å². The van der Waals surface area contributed by atoms with Crippen molar-refractivity contribution in [1.29, 1.82) is 0 Å². The Morgan fingerprint density at radius 2 is 2.00 bits per heavy atom. The number of nitrogens with one attached hydrogen (secondary N) is 1. The molecule has 0 unspecified atom stereocenters. The van der Waals surface area contributed by atoms with Gasteiger partial charge in [0, 0.05) is 38.3 Å². The van der Waals surface area contributed by atoms with Crippen molar-refractivity contribution in [2.24, 2.45) is 0 Å². The maximum atomic E-state index is 8.82. The zero-order valence-corrected chi connectivity index (χ0v) is 8.21. The molecule has 2 fully saturated rings. The Labute approximate surface area is 80.1 Å². The van der Waals surface area contributed by atoms with Crippen molar-refractivity contribution in [3.63, 3.8) is 0 Å².